The first-order chi connectivity index (χ1) is 9.15. The molecule has 5 nitrogen and oxygen atoms in total. The molecule has 0 heterocycles. The number of benzene rings is 1. The van der Waals surface area contributed by atoms with Gasteiger partial charge < -0.3 is 19.3 Å². The van der Waals surface area contributed by atoms with Crippen molar-refractivity contribution < 1.29 is 24.1 Å². The third kappa shape index (κ3) is 5.72. The van der Waals surface area contributed by atoms with Crippen LogP contribution in [0.5, 0.6) is 5.75 Å². The Morgan fingerprint density at radius 2 is 2.00 bits per heavy atom. The van der Waals surface area contributed by atoms with Crippen molar-refractivity contribution in [1.29, 1.82) is 0 Å². The Morgan fingerprint density at radius 1 is 1.21 bits per heavy atom. The highest BCUT2D eigenvalue weighted by atomic mass is 16.5. The van der Waals surface area contributed by atoms with Crippen LogP contribution in [0.4, 0.5) is 0 Å². The number of rotatable bonds is 9. The standard InChI is InChI=1S/C14H20O5/c1-11-4-5-12(14(15)16)13(10-11)19-9-8-18-7-3-6-17-2/h4-5,10H,3,6-9H2,1-2H3,(H,15,16). The summed E-state index contributed by atoms with van der Waals surface area (Å²) in [5.41, 5.74) is 1.13. The van der Waals surface area contributed by atoms with Crippen LogP contribution in [0.15, 0.2) is 18.2 Å². The second kappa shape index (κ2) is 8.50. The Labute approximate surface area is 113 Å². The zero-order chi connectivity index (χ0) is 14.1. The Balaban J connectivity index is 2.36. The Morgan fingerprint density at radius 3 is 2.68 bits per heavy atom. The Bertz CT molecular complexity index is 403. The molecule has 0 aliphatic heterocycles. The van der Waals surface area contributed by atoms with E-state index in [4.69, 9.17) is 19.3 Å². The molecule has 1 aromatic rings. The predicted octanol–water partition coefficient (Wildman–Crippen LogP) is 2.13. The summed E-state index contributed by atoms with van der Waals surface area (Å²) in [4.78, 5) is 11.0. The van der Waals surface area contributed by atoms with E-state index in [9.17, 15) is 4.79 Å². The number of methoxy groups -OCH3 is 1. The number of hydrogen-bond acceptors (Lipinski definition) is 4. The summed E-state index contributed by atoms with van der Waals surface area (Å²) in [5.74, 6) is -0.607. The third-order valence-electron chi connectivity index (χ3n) is 2.49. The van der Waals surface area contributed by atoms with E-state index in [1.54, 1.807) is 25.3 Å². The lowest BCUT2D eigenvalue weighted by Gasteiger charge is -2.10. The molecule has 0 unspecified atom stereocenters. The molecule has 0 saturated carbocycles. The molecule has 0 bridgehead atoms. The van der Waals surface area contributed by atoms with Crippen molar-refractivity contribution >= 4 is 5.97 Å². The van der Waals surface area contributed by atoms with Gasteiger partial charge in [0, 0.05) is 20.3 Å². The van der Waals surface area contributed by atoms with Gasteiger partial charge >= 0.3 is 5.97 Å². The molecule has 1 N–H and O–H groups in total. The Kier molecular flexibility index (Phi) is 6.92. The second-order valence-corrected chi connectivity index (χ2v) is 4.11. The number of aryl methyl sites for hydroxylation is 1. The lowest BCUT2D eigenvalue weighted by Crippen LogP contribution is -2.10. The summed E-state index contributed by atoms with van der Waals surface area (Å²) >= 11 is 0. The molecule has 19 heavy (non-hydrogen) atoms. The van der Waals surface area contributed by atoms with Crippen LogP contribution < -0.4 is 4.74 Å². The number of carboxylic acids is 1. The molecule has 0 aliphatic rings. The van der Waals surface area contributed by atoms with Crippen LogP contribution in [0.3, 0.4) is 0 Å². The van der Waals surface area contributed by atoms with Gasteiger partial charge in [-0.3, -0.25) is 0 Å². The molecule has 0 atom stereocenters. The normalized spacial score (nSPS) is 10.4. The highest BCUT2D eigenvalue weighted by Gasteiger charge is 2.10. The van der Waals surface area contributed by atoms with E-state index in [0.29, 0.717) is 32.2 Å². The fourth-order valence-corrected chi connectivity index (χ4v) is 1.54. The molecule has 0 amide bonds. The number of carbonyl (C=O) groups is 1. The van der Waals surface area contributed by atoms with Gasteiger partial charge in [0.2, 0.25) is 0 Å². The summed E-state index contributed by atoms with van der Waals surface area (Å²) < 4.78 is 15.7. The van der Waals surface area contributed by atoms with E-state index in [2.05, 4.69) is 0 Å². The molecule has 0 radical (unpaired) electrons. The zero-order valence-corrected chi connectivity index (χ0v) is 11.3. The molecule has 0 aliphatic carbocycles. The van der Waals surface area contributed by atoms with Gasteiger partial charge in [0.05, 0.1) is 6.61 Å². The van der Waals surface area contributed by atoms with Gasteiger partial charge in [0.15, 0.2) is 0 Å². The molecule has 0 fully saturated rings. The van der Waals surface area contributed by atoms with Crippen LogP contribution in [0.25, 0.3) is 0 Å². The monoisotopic (exact) mass is 268 g/mol. The fourth-order valence-electron chi connectivity index (χ4n) is 1.54. The maximum atomic E-state index is 11.0. The zero-order valence-electron chi connectivity index (χ0n) is 11.3. The molecule has 1 rings (SSSR count). The maximum absolute atomic E-state index is 11.0. The van der Waals surface area contributed by atoms with Crippen molar-refractivity contribution in [3.05, 3.63) is 29.3 Å². The highest BCUT2D eigenvalue weighted by molar-refractivity contribution is 5.90. The number of ether oxygens (including phenoxy) is 3. The summed E-state index contributed by atoms with van der Waals surface area (Å²) in [5, 5.41) is 9.03. The predicted molar refractivity (Wildman–Crippen MR) is 70.9 cm³/mol. The van der Waals surface area contributed by atoms with Crippen molar-refractivity contribution in [1.82, 2.24) is 0 Å². The van der Waals surface area contributed by atoms with Crippen LogP contribution in [0.1, 0.15) is 22.3 Å². The summed E-state index contributed by atoms with van der Waals surface area (Å²) in [6.07, 6.45) is 0.835. The first-order valence-corrected chi connectivity index (χ1v) is 6.18. The smallest absolute Gasteiger partial charge is 0.339 e. The SMILES string of the molecule is COCCCOCCOc1cc(C)ccc1C(=O)O. The van der Waals surface area contributed by atoms with E-state index in [1.807, 2.05) is 6.92 Å². The molecule has 0 aromatic heterocycles. The van der Waals surface area contributed by atoms with Gasteiger partial charge in [-0.05, 0) is 31.0 Å². The molecule has 5 heteroatoms. The number of hydrogen-bond donors (Lipinski definition) is 1. The molecular weight excluding hydrogens is 248 g/mol. The molecule has 0 saturated heterocycles. The molecular formula is C14H20O5. The van der Waals surface area contributed by atoms with E-state index < -0.39 is 5.97 Å². The van der Waals surface area contributed by atoms with Gasteiger partial charge in [0.1, 0.15) is 17.9 Å². The topological polar surface area (TPSA) is 65.0 Å². The van der Waals surface area contributed by atoms with Crippen molar-refractivity contribution in [3.8, 4) is 5.75 Å². The van der Waals surface area contributed by atoms with E-state index in [-0.39, 0.29) is 5.56 Å². The van der Waals surface area contributed by atoms with Crippen molar-refractivity contribution in [2.45, 2.75) is 13.3 Å². The average Bonchev–Trinajstić information content (AvgIpc) is 2.37. The van der Waals surface area contributed by atoms with Gasteiger partial charge in [-0.2, -0.15) is 0 Å². The van der Waals surface area contributed by atoms with Gasteiger partial charge in [-0.15, -0.1) is 0 Å². The summed E-state index contributed by atoms with van der Waals surface area (Å²) in [6, 6.07) is 5.01. The minimum absolute atomic E-state index is 0.171. The molecule has 0 spiro atoms. The average molecular weight is 268 g/mol. The van der Waals surface area contributed by atoms with Gasteiger partial charge in [0.25, 0.3) is 0 Å². The van der Waals surface area contributed by atoms with Gasteiger partial charge in [-0.1, -0.05) is 6.07 Å². The van der Waals surface area contributed by atoms with E-state index >= 15 is 0 Å². The van der Waals surface area contributed by atoms with Crippen LogP contribution in [-0.2, 0) is 9.47 Å². The van der Waals surface area contributed by atoms with Crippen LogP contribution >= 0.6 is 0 Å². The van der Waals surface area contributed by atoms with E-state index in [1.165, 1.54) is 0 Å². The largest absolute Gasteiger partial charge is 0.490 e. The fraction of sp³-hybridized carbons (Fsp3) is 0.500. The highest BCUT2D eigenvalue weighted by Crippen LogP contribution is 2.20. The lowest BCUT2D eigenvalue weighted by atomic mass is 10.1. The van der Waals surface area contributed by atoms with Crippen molar-refractivity contribution in [3.63, 3.8) is 0 Å². The summed E-state index contributed by atoms with van der Waals surface area (Å²) in [7, 11) is 1.65. The Hall–Kier alpha value is -1.59. The van der Waals surface area contributed by atoms with Crippen molar-refractivity contribution in [2.24, 2.45) is 0 Å². The number of carboxylic acid groups (broad SMARTS) is 1. The maximum Gasteiger partial charge on any atom is 0.339 e. The molecule has 1 aromatic carbocycles. The van der Waals surface area contributed by atoms with Crippen LogP contribution in [0.2, 0.25) is 0 Å². The van der Waals surface area contributed by atoms with Crippen molar-refractivity contribution in [2.75, 3.05) is 33.5 Å². The molecule has 106 valence electrons. The van der Waals surface area contributed by atoms with E-state index in [0.717, 1.165) is 12.0 Å². The summed E-state index contributed by atoms with van der Waals surface area (Å²) in [6.45, 7) is 3.92. The number of aromatic carboxylic acids is 1. The first-order valence-electron chi connectivity index (χ1n) is 6.18. The van der Waals surface area contributed by atoms with Crippen LogP contribution in [0, 0.1) is 6.92 Å². The van der Waals surface area contributed by atoms with Crippen LogP contribution in [-0.4, -0.2) is 44.6 Å². The minimum atomic E-state index is -0.990. The van der Waals surface area contributed by atoms with Gasteiger partial charge in [-0.25, -0.2) is 4.79 Å². The third-order valence-corrected chi connectivity index (χ3v) is 2.49. The second-order valence-electron chi connectivity index (χ2n) is 4.11. The quantitative estimate of drug-likeness (QED) is 0.695. The first kappa shape index (κ1) is 15.5. The lowest BCUT2D eigenvalue weighted by molar-refractivity contribution is 0.0677. The minimum Gasteiger partial charge on any atom is -0.490 e.